The normalized spacial score (nSPS) is 14.6. The number of rotatable bonds is 6. The molecule has 1 aromatic rings. The molecule has 0 N–H and O–H groups in total. The van der Waals surface area contributed by atoms with Crippen LogP contribution in [0.5, 0.6) is 0 Å². The van der Waals surface area contributed by atoms with Crippen LogP contribution in [-0.2, 0) is 12.8 Å². The first-order valence-corrected chi connectivity index (χ1v) is 7.83. The van der Waals surface area contributed by atoms with Crippen LogP contribution < -0.4 is 4.90 Å². The first kappa shape index (κ1) is 14.2. The molecule has 1 heteroatoms. The Hall–Kier alpha value is -1.24. The van der Waals surface area contributed by atoms with E-state index in [-0.39, 0.29) is 0 Å². The number of hydrogen-bond acceptors (Lipinski definition) is 1. The lowest BCUT2D eigenvalue weighted by atomic mass is 9.96. The molecule has 1 aliphatic rings. The summed E-state index contributed by atoms with van der Waals surface area (Å²) in [5.41, 5.74) is 5.70. The van der Waals surface area contributed by atoms with Crippen LogP contribution in [0.4, 0.5) is 5.69 Å². The van der Waals surface area contributed by atoms with Crippen molar-refractivity contribution in [3.8, 4) is 0 Å². The van der Waals surface area contributed by atoms with Gasteiger partial charge in [0.2, 0.25) is 0 Å². The third-order valence-corrected chi connectivity index (χ3v) is 4.03. The molecular formula is C18H27N. The fourth-order valence-corrected chi connectivity index (χ4v) is 2.90. The van der Waals surface area contributed by atoms with Crippen molar-refractivity contribution < 1.29 is 0 Å². The van der Waals surface area contributed by atoms with E-state index in [1.807, 2.05) is 0 Å². The first-order chi connectivity index (χ1) is 9.26. The maximum absolute atomic E-state index is 4.27. The fourth-order valence-electron chi connectivity index (χ4n) is 2.90. The number of fused-ring (bicyclic) bond motifs is 1. The van der Waals surface area contributed by atoms with E-state index < -0.39 is 0 Å². The van der Waals surface area contributed by atoms with Gasteiger partial charge in [-0.15, -0.1) is 0 Å². The van der Waals surface area contributed by atoms with Crippen LogP contribution >= 0.6 is 0 Å². The summed E-state index contributed by atoms with van der Waals surface area (Å²) >= 11 is 0. The van der Waals surface area contributed by atoms with Gasteiger partial charge in [-0.25, -0.2) is 0 Å². The Morgan fingerprint density at radius 3 is 2.68 bits per heavy atom. The number of hydrogen-bond donors (Lipinski definition) is 0. The van der Waals surface area contributed by atoms with Crippen molar-refractivity contribution in [1.29, 1.82) is 0 Å². The maximum atomic E-state index is 4.27. The van der Waals surface area contributed by atoms with Gasteiger partial charge in [-0.05, 0) is 42.9 Å². The van der Waals surface area contributed by atoms with Gasteiger partial charge in [0.1, 0.15) is 0 Å². The lowest BCUT2D eigenvalue weighted by Gasteiger charge is -2.33. The second-order valence-corrected chi connectivity index (χ2v) is 5.64. The van der Waals surface area contributed by atoms with E-state index in [0.29, 0.717) is 0 Å². The molecular weight excluding hydrogens is 230 g/mol. The van der Waals surface area contributed by atoms with Crippen LogP contribution in [0.1, 0.15) is 57.1 Å². The molecule has 0 fully saturated rings. The molecule has 1 aromatic carbocycles. The zero-order valence-corrected chi connectivity index (χ0v) is 12.5. The molecule has 0 spiro atoms. The van der Waals surface area contributed by atoms with Crippen LogP contribution in [0.2, 0.25) is 0 Å². The highest BCUT2D eigenvalue weighted by molar-refractivity contribution is 5.61. The summed E-state index contributed by atoms with van der Waals surface area (Å²) in [6.45, 7) is 9.92. The summed E-state index contributed by atoms with van der Waals surface area (Å²) in [5.74, 6) is 0. The van der Waals surface area contributed by atoms with Gasteiger partial charge < -0.3 is 4.90 Å². The minimum atomic E-state index is 1.12. The number of aryl methyl sites for hydroxylation is 2. The highest BCUT2D eigenvalue weighted by atomic mass is 15.1. The van der Waals surface area contributed by atoms with Crippen molar-refractivity contribution in [3.63, 3.8) is 0 Å². The van der Waals surface area contributed by atoms with Crippen molar-refractivity contribution in [2.45, 2.75) is 58.8 Å². The maximum Gasteiger partial charge on any atom is 0.0443 e. The van der Waals surface area contributed by atoms with Gasteiger partial charge in [-0.1, -0.05) is 51.8 Å². The molecule has 1 aliphatic heterocycles. The fraction of sp³-hybridized carbons (Fsp3) is 0.556. The molecule has 0 aliphatic carbocycles. The largest absolute Gasteiger partial charge is 0.345 e. The van der Waals surface area contributed by atoms with E-state index in [1.165, 1.54) is 54.6 Å². The molecule has 1 heterocycles. The summed E-state index contributed by atoms with van der Waals surface area (Å²) in [6, 6.07) is 7.04. The van der Waals surface area contributed by atoms with Crippen LogP contribution in [0.25, 0.3) is 0 Å². The van der Waals surface area contributed by atoms with Gasteiger partial charge in [0.15, 0.2) is 0 Å². The topological polar surface area (TPSA) is 3.24 Å². The predicted molar refractivity (Wildman–Crippen MR) is 84.8 cm³/mol. The van der Waals surface area contributed by atoms with Crippen molar-refractivity contribution in [2.75, 3.05) is 11.4 Å². The average molecular weight is 257 g/mol. The molecule has 19 heavy (non-hydrogen) atoms. The molecule has 0 aromatic heterocycles. The van der Waals surface area contributed by atoms with Gasteiger partial charge >= 0.3 is 0 Å². The van der Waals surface area contributed by atoms with Crippen molar-refractivity contribution in [2.24, 2.45) is 0 Å². The van der Waals surface area contributed by atoms with E-state index in [0.717, 1.165) is 19.4 Å². The zero-order valence-electron chi connectivity index (χ0n) is 12.5. The Labute approximate surface area is 118 Å². The summed E-state index contributed by atoms with van der Waals surface area (Å²) < 4.78 is 0. The molecule has 0 saturated carbocycles. The van der Waals surface area contributed by atoms with Crippen molar-refractivity contribution >= 4 is 5.69 Å². The van der Waals surface area contributed by atoms with Crippen LogP contribution in [0, 0.1) is 0 Å². The quantitative estimate of drug-likeness (QED) is 0.641. The Balaban J connectivity index is 2.20. The minimum absolute atomic E-state index is 1.12. The zero-order chi connectivity index (χ0) is 13.7. The second-order valence-electron chi connectivity index (χ2n) is 5.64. The van der Waals surface area contributed by atoms with E-state index in [2.05, 4.69) is 43.5 Å². The Bertz CT molecular complexity index is 433. The Kier molecular flexibility index (Phi) is 5.07. The van der Waals surface area contributed by atoms with Gasteiger partial charge in [0.25, 0.3) is 0 Å². The van der Waals surface area contributed by atoms with Gasteiger partial charge in [0, 0.05) is 17.9 Å². The van der Waals surface area contributed by atoms with E-state index in [9.17, 15) is 0 Å². The smallest absolute Gasteiger partial charge is 0.0443 e. The molecule has 0 unspecified atom stereocenters. The van der Waals surface area contributed by atoms with Crippen LogP contribution in [-0.4, -0.2) is 6.54 Å². The second kappa shape index (κ2) is 6.79. The minimum Gasteiger partial charge on any atom is -0.345 e. The molecule has 0 saturated heterocycles. The lowest BCUT2D eigenvalue weighted by Crippen LogP contribution is -2.28. The molecule has 1 nitrogen and oxygen atoms in total. The lowest BCUT2D eigenvalue weighted by molar-refractivity contribution is 0.682. The van der Waals surface area contributed by atoms with Crippen molar-refractivity contribution in [1.82, 2.24) is 0 Å². The van der Waals surface area contributed by atoms with E-state index in [1.54, 1.807) is 0 Å². The summed E-state index contributed by atoms with van der Waals surface area (Å²) in [5, 5.41) is 0. The van der Waals surface area contributed by atoms with Gasteiger partial charge in [0.05, 0.1) is 0 Å². The monoisotopic (exact) mass is 257 g/mol. The van der Waals surface area contributed by atoms with E-state index in [4.69, 9.17) is 0 Å². The number of anilines is 1. The number of allylic oxidation sites excluding steroid dienone is 1. The summed E-state index contributed by atoms with van der Waals surface area (Å²) in [6.07, 6.45) is 8.54. The molecule has 0 bridgehead atoms. The standard InChI is InChI=1S/C18H27N/c1-4-6-7-13-19-15(3)9-11-17-12-10-16(8-5-2)14-18(17)19/h10,12,14H,3-9,11,13H2,1-2H3. The molecule has 2 rings (SSSR count). The summed E-state index contributed by atoms with van der Waals surface area (Å²) in [4.78, 5) is 2.47. The van der Waals surface area contributed by atoms with Crippen LogP contribution in [0.15, 0.2) is 30.5 Å². The Morgan fingerprint density at radius 1 is 1.11 bits per heavy atom. The highest BCUT2D eigenvalue weighted by Gasteiger charge is 2.19. The van der Waals surface area contributed by atoms with Gasteiger partial charge in [-0.2, -0.15) is 0 Å². The van der Waals surface area contributed by atoms with Gasteiger partial charge in [-0.3, -0.25) is 0 Å². The number of unbranched alkanes of at least 4 members (excludes halogenated alkanes) is 2. The Morgan fingerprint density at radius 2 is 1.95 bits per heavy atom. The predicted octanol–water partition coefficient (Wildman–Crippen LogP) is 5.10. The highest BCUT2D eigenvalue weighted by Crippen LogP contribution is 2.33. The molecule has 0 atom stereocenters. The third kappa shape index (κ3) is 3.40. The average Bonchev–Trinajstić information content (AvgIpc) is 2.42. The SMILES string of the molecule is C=C1CCc2ccc(CCC)cc2N1CCCCC. The van der Waals surface area contributed by atoms with E-state index >= 15 is 0 Å². The third-order valence-electron chi connectivity index (χ3n) is 4.03. The number of benzene rings is 1. The number of nitrogens with zero attached hydrogens (tertiary/aromatic N) is 1. The molecule has 0 radical (unpaired) electrons. The molecule has 0 amide bonds. The van der Waals surface area contributed by atoms with Crippen LogP contribution in [0.3, 0.4) is 0 Å². The van der Waals surface area contributed by atoms with Crippen molar-refractivity contribution in [3.05, 3.63) is 41.6 Å². The summed E-state index contributed by atoms with van der Waals surface area (Å²) in [7, 11) is 0. The first-order valence-electron chi connectivity index (χ1n) is 7.83. The molecule has 104 valence electrons.